The van der Waals surface area contributed by atoms with Crippen molar-refractivity contribution in [1.29, 1.82) is 0 Å². The summed E-state index contributed by atoms with van der Waals surface area (Å²) in [5.74, 6) is 1.43. The number of allylic oxidation sites excluding steroid dienone is 2. The molecule has 348 valence electrons. The number of carbonyl (C=O) groups excluding carboxylic acids is 1. The first-order valence-corrected chi connectivity index (χ1v) is 23.6. The minimum atomic E-state index is -1.04. The van der Waals surface area contributed by atoms with Gasteiger partial charge >= 0.3 is 5.97 Å². The molecule has 2 aromatic rings. The highest BCUT2D eigenvalue weighted by Gasteiger charge is 2.71. The number of carboxylic acid groups (broad SMARTS) is 1. The zero-order valence-corrected chi connectivity index (χ0v) is 39.7. The first-order valence-electron chi connectivity index (χ1n) is 23.6. The second-order valence-electron chi connectivity index (χ2n) is 23.3. The lowest BCUT2D eigenvalue weighted by Gasteiger charge is -2.71. The number of aliphatic hydroxyl groups excluding tert-OH is 2. The quantitative estimate of drug-likeness (QED) is 0.217. The first kappa shape index (κ1) is 45.0. The van der Waals surface area contributed by atoms with Gasteiger partial charge in [-0.2, -0.15) is 0 Å². The van der Waals surface area contributed by atoms with Gasteiger partial charge in [0.05, 0.1) is 37.9 Å². The normalized spacial score (nSPS) is 38.9. The van der Waals surface area contributed by atoms with Crippen LogP contribution in [0.2, 0.25) is 0 Å². The van der Waals surface area contributed by atoms with Crippen LogP contribution < -0.4 is 23.7 Å². The van der Waals surface area contributed by atoms with Gasteiger partial charge in [0, 0.05) is 17.7 Å². The molecular weight excluding hydrogens is 813 g/mol. The van der Waals surface area contributed by atoms with Crippen LogP contribution in [0.4, 0.5) is 0 Å². The largest absolute Gasteiger partial charge is 0.507 e. The zero-order valence-electron chi connectivity index (χ0n) is 39.7. The van der Waals surface area contributed by atoms with E-state index in [1.165, 1.54) is 18.7 Å². The van der Waals surface area contributed by atoms with E-state index >= 15 is 0 Å². The molecule has 11 heteroatoms. The molecule has 3 aliphatic heterocycles. The maximum Gasteiger partial charge on any atom is 0.312 e. The molecule has 0 radical (unpaired) electrons. The van der Waals surface area contributed by atoms with Gasteiger partial charge in [-0.3, -0.25) is 9.59 Å². The molecule has 11 nitrogen and oxygen atoms in total. The molecule has 4 N–H and O–H groups in total. The number of aromatic hydroxyl groups is 1. The summed E-state index contributed by atoms with van der Waals surface area (Å²) in [7, 11) is 3.07. The SMILES string of the molecule is CC1(C)CCC2(C(=O)O)C(O)CC3(C)C(=CCC4C5(C)CCC(O)C(C)(C)C5CCC43C)C2C1.COc1cc2c(cc1OC)C1C(=O)c3c(O)cc4c(c3OC1CO2)C=CC(C)(C)O4. The summed E-state index contributed by atoms with van der Waals surface area (Å²) >= 11 is 0. The van der Waals surface area contributed by atoms with Crippen molar-refractivity contribution in [2.45, 2.75) is 150 Å². The number of ether oxygens (including phenoxy) is 5. The van der Waals surface area contributed by atoms with Crippen molar-refractivity contribution >= 4 is 17.8 Å². The van der Waals surface area contributed by atoms with Crippen LogP contribution in [0.3, 0.4) is 0 Å². The van der Waals surface area contributed by atoms with Gasteiger partial charge in [0.25, 0.3) is 0 Å². The maximum absolute atomic E-state index is 13.6. The number of carboxylic acids is 1. The van der Waals surface area contributed by atoms with E-state index < -0.39 is 35.1 Å². The Hall–Kier alpha value is -4.22. The van der Waals surface area contributed by atoms with Crippen molar-refractivity contribution in [3.63, 3.8) is 0 Å². The summed E-state index contributed by atoms with van der Waals surface area (Å²) in [6.07, 6.45) is 12.6. The van der Waals surface area contributed by atoms with E-state index in [1.807, 2.05) is 26.0 Å². The number of carbonyl (C=O) groups is 2. The van der Waals surface area contributed by atoms with Gasteiger partial charge in [0.15, 0.2) is 17.3 Å². The molecule has 0 spiro atoms. The van der Waals surface area contributed by atoms with Gasteiger partial charge in [-0.05, 0) is 135 Å². The Morgan fingerprint density at radius 2 is 1.53 bits per heavy atom. The lowest BCUT2D eigenvalue weighted by atomic mass is 9.33. The van der Waals surface area contributed by atoms with Gasteiger partial charge in [0.1, 0.15) is 52.3 Å². The molecule has 11 atom stereocenters. The van der Waals surface area contributed by atoms with Gasteiger partial charge in [-0.1, -0.05) is 60.1 Å². The standard InChI is InChI=1S/C30H48O4.C23H22O7/c1-25(2)14-15-30(24(33)34)19(16-25)18-8-9-21-27(5)12-11-22(31)26(3,4)20(27)10-13-28(21,6)29(18,7)17-23(30)32;1-23(2)6-5-11-15(30-23)8-13(24)20-21(25)19-12-7-16(26-3)17(27-4)9-14(12)28-10-18(19)29-22(11)20/h8,19-23,31-32H,9-17H2,1-7H3,(H,33,34);5-9,18-19,24H,10H2,1-4H3. The average molecular weight is 883 g/mol. The highest BCUT2D eigenvalue weighted by Crippen LogP contribution is 2.76. The van der Waals surface area contributed by atoms with E-state index in [0.29, 0.717) is 64.6 Å². The van der Waals surface area contributed by atoms with Crippen LogP contribution in [0, 0.1) is 50.2 Å². The number of aliphatic carboxylic acids is 1. The number of fused-ring (bicyclic) bond motifs is 13. The summed E-state index contributed by atoms with van der Waals surface area (Å²) in [6.45, 7) is 20.4. The minimum Gasteiger partial charge on any atom is -0.507 e. The fourth-order valence-corrected chi connectivity index (χ4v) is 15.0. The third-order valence-corrected chi connectivity index (χ3v) is 18.8. The van der Waals surface area contributed by atoms with Crippen molar-refractivity contribution in [2.24, 2.45) is 50.2 Å². The number of phenols is 1. The number of rotatable bonds is 3. The maximum atomic E-state index is 13.6. The fraction of sp³-hybridized carbons (Fsp3) is 0.660. The average Bonchev–Trinajstić information content (AvgIpc) is 3.21. The molecule has 4 saturated carbocycles. The van der Waals surface area contributed by atoms with Crippen molar-refractivity contribution in [1.82, 2.24) is 0 Å². The third-order valence-electron chi connectivity index (χ3n) is 18.8. The molecule has 0 bridgehead atoms. The Kier molecular flexibility index (Phi) is 10.3. The molecule has 0 amide bonds. The van der Waals surface area contributed by atoms with Crippen molar-refractivity contribution in [3.8, 4) is 34.5 Å². The number of phenolic OH excluding ortho intramolecular Hbond substituents is 1. The predicted molar refractivity (Wildman–Crippen MR) is 242 cm³/mol. The molecule has 8 aliphatic rings. The summed E-state index contributed by atoms with van der Waals surface area (Å²) in [6, 6.07) is 4.92. The van der Waals surface area contributed by atoms with Crippen LogP contribution in [0.15, 0.2) is 35.9 Å². The molecule has 0 aromatic heterocycles. The second kappa shape index (κ2) is 14.6. The highest BCUT2D eigenvalue weighted by atomic mass is 16.5. The molecule has 3 heterocycles. The summed E-state index contributed by atoms with van der Waals surface area (Å²) in [4.78, 5) is 26.4. The Morgan fingerprint density at radius 3 is 2.22 bits per heavy atom. The van der Waals surface area contributed by atoms with E-state index in [1.54, 1.807) is 19.2 Å². The van der Waals surface area contributed by atoms with Crippen LogP contribution in [0.1, 0.15) is 148 Å². The van der Waals surface area contributed by atoms with Crippen LogP contribution in [-0.4, -0.2) is 76.9 Å². The number of Topliss-reactive ketones (excluding diaryl/α,β-unsaturated/α-hetero) is 1. The number of benzene rings is 2. The molecule has 2 aromatic carbocycles. The van der Waals surface area contributed by atoms with E-state index in [0.717, 1.165) is 44.9 Å². The van der Waals surface area contributed by atoms with E-state index in [9.17, 15) is 30.0 Å². The second-order valence-corrected chi connectivity index (χ2v) is 23.3. The lowest BCUT2D eigenvalue weighted by molar-refractivity contribution is -0.218. The summed E-state index contributed by atoms with van der Waals surface area (Å²) < 4.78 is 28.8. The van der Waals surface area contributed by atoms with E-state index in [4.69, 9.17) is 23.7 Å². The van der Waals surface area contributed by atoms with Gasteiger partial charge in [-0.15, -0.1) is 0 Å². The van der Waals surface area contributed by atoms with Crippen molar-refractivity contribution < 1.29 is 53.7 Å². The number of hydrogen-bond donors (Lipinski definition) is 4. The van der Waals surface area contributed by atoms with Crippen molar-refractivity contribution in [3.05, 3.63) is 52.6 Å². The fourth-order valence-electron chi connectivity index (χ4n) is 15.0. The van der Waals surface area contributed by atoms with Gasteiger partial charge in [0.2, 0.25) is 0 Å². The molecule has 5 aliphatic carbocycles. The monoisotopic (exact) mass is 882 g/mol. The lowest BCUT2D eigenvalue weighted by Crippen LogP contribution is -2.67. The Balaban J connectivity index is 0.000000163. The highest BCUT2D eigenvalue weighted by molar-refractivity contribution is 6.08. The Bertz CT molecular complexity index is 2340. The molecule has 4 fully saturated rings. The number of hydrogen-bond acceptors (Lipinski definition) is 10. The molecular formula is C53H70O11. The Morgan fingerprint density at radius 1 is 0.828 bits per heavy atom. The summed E-state index contributed by atoms with van der Waals surface area (Å²) in [5, 5.41) is 43.8. The zero-order chi connectivity index (χ0) is 46.3. The molecule has 64 heavy (non-hydrogen) atoms. The van der Waals surface area contributed by atoms with E-state index in [2.05, 4.69) is 54.5 Å². The van der Waals surface area contributed by atoms with Crippen LogP contribution in [0.25, 0.3) is 6.08 Å². The van der Waals surface area contributed by atoms with Crippen molar-refractivity contribution in [2.75, 3.05) is 20.8 Å². The van der Waals surface area contributed by atoms with Gasteiger partial charge in [-0.25, -0.2) is 0 Å². The topological polar surface area (TPSA) is 161 Å². The number of aliphatic hydroxyl groups is 2. The number of methoxy groups -OCH3 is 2. The van der Waals surface area contributed by atoms with Crippen LogP contribution in [0.5, 0.6) is 34.5 Å². The predicted octanol–water partition coefficient (Wildman–Crippen LogP) is 9.92. The summed E-state index contributed by atoms with van der Waals surface area (Å²) in [5.41, 5.74) is 1.23. The Labute approximate surface area is 378 Å². The number of ketones is 1. The van der Waals surface area contributed by atoms with E-state index in [-0.39, 0.29) is 62.8 Å². The van der Waals surface area contributed by atoms with Crippen LogP contribution in [-0.2, 0) is 4.79 Å². The molecule has 11 unspecified atom stereocenters. The molecule has 10 rings (SSSR count). The third kappa shape index (κ3) is 6.24. The minimum absolute atomic E-state index is 0.0218. The van der Waals surface area contributed by atoms with Gasteiger partial charge < -0.3 is 44.1 Å². The smallest absolute Gasteiger partial charge is 0.312 e. The van der Waals surface area contributed by atoms with Crippen LogP contribution >= 0.6 is 0 Å². The first-order chi connectivity index (χ1) is 29.9. The molecule has 0 saturated heterocycles.